The van der Waals surface area contributed by atoms with Crippen molar-refractivity contribution in [2.75, 3.05) is 14.2 Å². The van der Waals surface area contributed by atoms with Gasteiger partial charge in [-0.25, -0.2) is 0 Å². The quantitative estimate of drug-likeness (QED) is 0.820. The van der Waals surface area contributed by atoms with Gasteiger partial charge < -0.3 is 14.6 Å². The zero-order chi connectivity index (χ0) is 11.4. The Morgan fingerprint density at radius 2 is 2.00 bits per heavy atom. The number of rotatable bonds is 4. The number of hydrogen-bond donors (Lipinski definition) is 1. The van der Waals surface area contributed by atoms with E-state index < -0.39 is 5.97 Å². The monoisotopic (exact) mass is 210 g/mol. The summed E-state index contributed by atoms with van der Waals surface area (Å²) in [7, 11) is 3.09. The molecule has 0 unspecified atom stereocenters. The molecule has 0 aliphatic rings. The van der Waals surface area contributed by atoms with E-state index in [1.54, 1.807) is 19.2 Å². The Morgan fingerprint density at radius 3 is 2.47 bits per heavy atom. The van der Waals surface area contributed by atoms with Gasteiger partial charge in [0.1, 0.15) is 11.5 Å². The molecule has 0 aliphatic carbocycles. The maximum Gasteiger partial charge on any atom is 0.307 e. The number of benzene rings is 1. The van der Waals surface area contributed by atoms with Crippen molar-refractivity contribution in [3.8, 4) is 11.5 Å². The van der Waals surface area contributed by atoms with Gasteiger partial charge in [-0.05, 0) is 13.0 Å². The third kappa shape index (κ3) is 2.40. The molecule has 0 heterocycles. The molecule has 0 saturated heterocycles. The second-order valence-corrected chi connectivity index (χ2v) is 3.16. The topological polar surface area (TPSA) is 55.8 Å². The molecule has 1 N–H and O–H groups in total. The number of ether oxygens (including phenoxy) is 2. The van der Waals surface area contributed by atoms with E-state index in [9.17, 15) is 4.79 Å². The number of carboxylic acids is 1. The first-order valence-corrected chi connectivity index (χ1v) is 4.52. The summed E-state index contributed by atoms with van der Waals surface area (Å²) in [5, 5.41) is 8.72. The van der Waals surface area contributed by atoms with E-state index in [-0.39, 0.29) is 6.42 Å². The van der Waals surface area contributed by atoms with Crippen LogP contribution in [-0.4, -0.2) is 25.3 Å². The highest BCUT2D eigenvalue weighted by Crippen LogP contribution is 2.31. The standard InChI is InChI=1S/C11H14O4/c1-7-9(14-2)5-4-8(6-10(12)13)11(7)15-3/h4-5H,6H2,1-3H3,(H,12,13). The lowest BCUT2D eigenvalue weighted by atomic mass is 10.1. The van der Waals surface area contributed by atoms with Gasteiger partial charge in [0.25, 0.3) is 0 Å². The van der Waals surface area contributed by atoms with Crippen LogP contribution in [-0.2, 0) is 11.2 Å². The van der Waals surface area contributed by atoms with Crippen LogP contribution in [0.3, 0.4) is 0 Å². The lowest BCUT2D eigenvalue weighted by Crippen LogP contribution is -2.04. The summed E-state index contributed by atoms with van der Waals surface area (Å²) in [6.07, 6.45) is -0.0476. The SMILES string of the molecule is COc1ccc(CC(=O)O)c(OC)c1C. The predicted octanol–water partition coefficient (Wildman–Crippen LogP) is 1.64. The van der Waals surface area contributed by atoms with Crippen LogP contribution in [0.1, 0.15) is 11.1 Å². The van der Waals surface area contributed by atoms with Crippen LogP contribution >= 0.6 is 0 Å². The number of hydrogen-bond acceptors (Lipinski definition) is 3. The molecule has 82 valence electrons. The molecular weight excluding hydrogens is 196 g/mol. The van der Waals surface area contributed by atoms with E-state index in [1.165, 1.54) is 7.11 Å². The van der Waals surface area contributed by atoms with Crippen LogP contribution < -0.4 is 9.47 Å². The Bertz CT molecular complexity index is 371. The van der Waals surface area contributed by atoms with Gasteiger partial charge in [0, 0.05) is 11.1 Å². The van der Waals surface area contributed by atoms with Gasteiger partial charge >= 0.3 is 5.97 Å². The van der Waals surface area contributed by atoms with Gasteiger partial charge in [-0.2, -0.15) is 0 Å². The van der Waals surface area contributed by atoms with Gasteiger partial charge in [-0.3, -0.25) is 4.79 Å². The molecule has 0 fully saturated rings. The minimum Gasteiger partial charge on any atom is -0.496 e. The van der Waals surface area contributed by atoms with Crippen LogP contribution in [0.2, 0.25) is 0 Å². The zero-order valence-electron chi connectivity index (χ0n) is 9.03. The highest BCUT2D eigenvalue weighted by molar-refractivity contribution is 5.72. The third-order valence-corrected chi connectivity index (χ3v) is 2.20. The van der Waals surface area contributed by atoms with Gasteiger partial charge in [-0.1, -0.05) is 6.07 Å². The first-order chi connectivity index (χ1) is 7.10. The Hall–Kier alpha value is -1.71. The summed E-state index contributed by atoms with van der Waals surface area (Å²) in [6, 6.07) is 3.45. The summed E-state index contributed by atoms with van der Waals surface area (Å²) in [4.78, 5) is 10.6. The van der Waals surface area contributed by atoms with E-state index in [4.69, 9.17) is 14.6 Å². The Kier molecular flexibility index (Phi) is 3.55. The molecule has 4 nitrogen and oxygen atoms in total. The van der Waals surface area contributed by atoms with Crippen molar-refractivity contribution >= 4 is 5.97 Å². The lowest BCUT2D eigenvalue weighted by molar-refractivity contribution is -0.136. The number of carboxylic acid groups (broad SMARTS) is 1. The molecule has 0 spiro atoms. The van der Waals surface area contributed by atoms with E-state index in [0.717, 1.165) is 5.56 Å². The fourth-order valence-electron chi connectivity index (χ4n) is 1.54. The summed E-state index contributed by atoms with van der Waals surface area (Å²) >= 11 is 0. The molecular formula is C11H14O4. The second-order valence-electron chi connectivity index (χ2n) is 3.16. The predicted molar refractivity (Wildman–Crippen MR) is 55.6 cm³/mol. The van der Waals surface area contributed by atoms with E-state index in [0.29, 0.717) is 17.1 Å². The van der Waals surface area contributed by atoms with Crippen molar-refractivity contribution in [3.63, 3.8) is 0 Å². The molecule has 1 rings (SSSR count). The Morgan fingerprint density at radius 1 is 1.33 bits per heavy atom. The van der Waals surface area contributed by atoms with Crippen molar-refractivity contribution < 1.29 is 19.4 Å². The van der Waals surface area contributed by atoms with Crippen molar-refractivity contribution in [1.82, 2.24) is 0 Å². The first kappa shape index (κ1) is 11.4. The molecule has 1 aromatic rings. The molecule has 4 heteroatoms. The maximum absolute atomic E-state index is 10.6. The lowest BCUT2D eigenvalue weighted by Gasteiger charge is -2.13. The highest BCUT2D eigenvalue weighted by atomic mass is 16.5. The molecule has 0 saturated carbocycles. The van der Waals surface area contributed by atoms with Crippen LogP contribution in [0.5, 0.6) is 11.5 Å². The minimum absolute atomic E-state index is 0.0476. The smallest absolute Gasteiger partial charge is 0.307 e. The molecule has 0 aromatic heterocycles. The molecule has 0 atom stereocenters. The molecule has 15 heavy (non-hydrogen) atoms. The maximum atomic E-state index is 10.6. The summed E-state index contributed by atoms with van der Waals surface area (Å²) < 4.78 is 10.3. The average Bonchev–Trinajstić information content (AvgIpc) is 2.18. The number of methoxy groups -OCH3 is 2. The number of aliphatic carboxylic acids is 1. The van der Waals surface area contributed by atoms with E-state index in [1.807, 2.05) is 6.92 Å². The van der Waals surface area contributed by atoms with Crippen molar-refractivity contribution in [1.29, 1.82) is 0 Å². The van der Waals surface area contributed by atoms with Crippen LogP contribution in [0, 0.1) is 6.92 Å². The van der Waals surface area contributed by atoms with Gasteiger partial charge in [0.2, 0.25) is 0 Å². The van der Waals surface area contributed by atoms with Crippen molar-refractivity contribution in [3.05, 3.63) is 23.3 Å². The fourth-order valence-corrected chi connectivity index (χ4v) is 1.54. The van der Waals surface area contributed by atoms with Crippen molar-refractivity contribution in [2.24, 2.45) is 0 Å². The highest BCUT2D eigenvalue weighted by Gasteiger charge is 2.13. The molecule has 1 aromatic carbocycles. The average molecular weight is 210 g/mol. The van der Waals surface area contributed by atoms with Crippen LogP contribution in [0.25, 0.3) is 0 Å². The van der Waals surface area contributed by atoms with E-state index >= 15 is 0 Å². The van der Waals surface area contributed by atoms with Gasteiger partial charge in [0.05, 0.1) is 20.6 Å². The van der Waals surface area contributed by atoms with Gasteiger partial charge in [0.15, 0.2) is 0 Å². The second kappa shape index (κ2) is 4.68. The summed E-state index contributed by atoms with van der Waals surface area (Å²) in [5.41, 5.74) is 1.47. The Labute approximate surface area is 88.4 Å². The van der Waals surface area contributed by atoms with Crippen LogP contribution in [0.4, 0.5) is 0 Å². The number of carbonyl (C=O) groups is 1. The molecule has 0 amide bonds. The summed E-state index contributed by atoms with van der Waals surface area (Å²) in [5.74, 6) is 0.399. The van der Waals surface area contributed by atoms with Crippen LogP contribution in [0.15, 0.2) is 12.1 Å². The van der Waals surface area contributed by atoms with E-state index in [2.05, 4.69) is 0 Å². The fraction of sp³-hybridized carbons (Fsp3) is 0.364. The minimum atomic E-state index is -0.877. The molecule has 0 bridgehead atoms. The zero-order valence-corrected chi connectivity index (χ0v) is 9.03. The van der Waals surface area contributed by atoms with Crippen molar-refractivity contribution in [2.45, 2.75) is 13.3 Å². The normalized spacial score (nSPS) is 9.80. The first-order valence-electron chi connectivity index (χ1n) is 4.52. The Balaban J connectivity index is 3.18. The molecule has 0 aliphatic heterocycles. The molecule has 0 radical (unpaired) electrons. The summed E-state index contributed by atoms with van der Waals surface area (Å²) in [6.45, 7) is 1.84. The van der Waals surface area contributed by atoms with Gasteiger partial charge in [-0.15, -0.1) is 0 Å². The third-order valence-electron chi connectivity index (χ3n) is 2.20. The largest absolute Gasteiger partial charge is 0.496 e.